The molecule has 1 aromatic carbocycles. The number of benzene rings is 1. The van der Waals surface area contributed by atoms with Crippen LogP contribution in [-0.4, -0.2) is 28.4 Å². The largest absolute Gasteiger partial charge is 0.493 e. The molecule has 1 aromatic heterocycles. The van der Waals surface area contributed by atoms with Crippen LogP contribution in [0.5, 0.6) is 5.75 Å². The van der Waals surface area contributed by atoms with Gasteiger partial charge in [0.1, 0.15) is 5.75 Å². The molecule has 0 saturated heterocycles. The first-order chi connectivity index (χ1) is 9.20. The topological polar surface area (TPSA) is 59.4 Å². The smallest absolute Gasteiger partial charge is 0.313 e. The van der Waals surface area contributed by atoms with Crippen LogP contribution in [0.4, 0.5) is 0 Å². The van der Waals surface area contributed by atoms with Crippen LogP contribution in [0.3, 0.4) is 0 Å². The summed E-state index contributed by atoms with van der Waals surface area (Å²) in [5, 5.41) is 10.6. The summed E-state index contributed by atoms with van der Waals surface area (Å²) in [4.78, 5) is 15.0. The van der Waals surface area contributed by atoms with Gasteiger partial charge in [-0.05, 0) is 19.1 Å². The van der Waals surface area contributed by atoms with E-state index in [1.54, 1.807) is 0 Å². The molecule has 0 aliphatic heterocycles. The lowest BCUT2D eigenvalue weighted by atomic mass is 10.1. The second-order valence-electron chi connectivity index (χ2n) is 3.61. The monoisotopic (exact) mass is 295 g/mol. The maximum absolute atomic E-state index is 10.5. The molecule has 1 heterocycles. The third kappa shape index (κ3) is 3.71. The van der Waals surface area contributed by atoms with Gasteiger partial charge in [0.05, 0.1) is 18.1 Å². The number of nitrogens with zero attached hydrogens (tertiary/aromatic N) is 1. The molecule has 0 atom stereocenters. The average molecular weight is 295 g/mol. The predicted octanol–water partition coefficient (Wildman–Crippen LogP) is 3.39. The fourth-order valence-electron chi connectivity index (χ4n) is 1.53. The van der Waals surface area contributed by atoms with Crippen molar-refractivity contribution >= 4 is 29.1 Å². The molecule has 0 bridgehead atoms. The normalized spacial score (nSPS) is 10.4. The number of thiazole rings is 1. The number of rotatable bonds is 6. The Labute approximate surface area is 119 Å². The Balaban J connectivity index is 2.20. The molecule has 0 amide bonds. The minimum absolute atomic E-state index is 0.0278. The van der Waals surface area contributed by atoms with Gasteiger partial charge >= 0.3 is 5.97 Å². The minimum Gasteiger partial charge on any atom is -0.493 e. The van der Waals surface area contributed by atoms with Crippen LogP contribution in [0, 0.1) is 0 Å². The molecular weight excluding hydrogens is 282 g/mol. The fraction of sp³-hybridized carbons (Fsp3) is 0.231. The van der Waals surface area contributed by atoms with Crippen molar-refractivity contribution in [3.8, 4) is 17.0 Å². The van der Waals surface area contributed by atoms with Gasteiger partial charge in [-0.15, -0.1) is 11.3 Å². The highest BCUT2D eigenvalue weighted by Crippen LogP contribution is 2.33. The van der Waals surface area contributed by atoms with Crippen molar-refractivity contribution in [1.82, 2.24) is 4.98 Å². The number of ether oxygens (including phenoxy) is 1. The van der Waals surface area contributed by atoms with E-state index in [0.717, 1.165) is 21.3 Å². The summed E-state index contributed by atoms with van der Waals surface area (Å²) in [6.45, 7) is 2.54. The second kappa shape index (κ2) is 6.58. The van der Waals surface area contributed by atoms with Gasteiger partial charge in [0.2, 0.25) is 0 Å². The lowest BCUT2D eigenvalue weighted by Crippen LogP contribution is -1.97. The molecule has 0 unspecified atom stereocenters. The Kier molecular flexibility index (Phi) is 4.81. The number of hydrogen-bond acceptors (Lipinski definition) is 5. The summed E-state index contributed by atoms with van der Waals surface area (Å²) in [6, 6.07) is 7.70. The van der Waals surface area contributed by atoms with Crippen LogP contribution in [-0.2, 0) is 4.79 Å². The Bertz CT molecular complexity index is 569. The molecule has 1 N–H and O–H groups in total. The molecule has 4 nitrogen and oxygen atoms in total. The molecule has 0 radical (unpaired) electrons. The number of aliphatic carboxylic acids is 1. The molecule has 100 valence electrons. The number of thioether (sulfide) groups is 1. The fourth-order valence-corrected chi connectivity index (χ4v) is 3.08. The number of carboxylic acid groups (broad SMARTS) is 1. The number of hydrogen-bond donors (Lipinski definition) is 1. The van der Waals surface area contributed by atoms with E-state index in [4.69, 9.17) is 9.84 Å². The van der Waals surface area contributed by atoms with Gasteiger partial charge in [-0.25, -0.2) is 4.98 Å². The average Bonchev–Trinajstić information content (AvgIpc) is 2.86. The Morgan fingerprint density at radius 3 is 3.00 bits per heavy atom. The highest BCUT2D eigenvalue weighted by atomic mass is 32.2. The highest BCUT2D eigenvalue weighted by molar-refractivity contribution is 8.01. The highest BCUT2D eigenvalue weighted by Gasteiger charge is 2.10. The minimum atomic E-state index is -0.837. The first kappa shape index (κ1) is 13.9. The van der Waals surface area contributed by atoms with E-state index in [2.05, 4.69) is 4.98 Å². The van der Waals surface area contributed by atoms with Gasteiger partial charge in [-0.3, -0.25) is 4.79 Å². The predicted molar refractivity (Wildman–Crippen MR) is 77.1 cm³/mol. The molecule has 6 heteroatoms. The number of carboxylic acids is 1. The lowest BCUT2D eigenvalue weighted by Gasteiger charge is -2.07. The van der Waals surface area contributed by atoms with Crippen molar-refractivity contribution in [2.75, 3.05) is 12.4 Å². The maximum atomic E-state index is 10.5. The Morgan fingerprint density at radius 2 is 2.26 bits per heavy atom. The van der Waals surface area contributed by atoms with Crippen LogP contribution in [0.2, 0.25) is 0 Å². The zero-order valence-corrected chi connectivity index (χ0v) is 12.0. The Hall–Kier alpha value is -1.53. The van der Waals surface area contributed by atoms with Crippen molar-refractivity contribution in [2.45, 2.75) is 11.3 Å². The van der Waals surface area contributed by atoms with E-state index in [1.165, 1.54) is 23.1 Å². The summed E-state index contributed by atoms with van der Waals surface area (Å²) in [7, 11) is 0. The summed E-state index contributed by atoms with van der Waals surface area (Å²) in [5.74, 6) is -0.0124. The van der Waals surface area contributed by atoms with Gasteiger partial charge < -0.3 is 9.84 Å². The van der Waals surface area contributed by atoms with Crippen LogP contribution in [0.1, 0.15) is 6.92 Å². The molecule has 0 aliphatic rings. The first-order valence-corrected chi connectivity index (χ1v) is 7.59. The molecule has 19 heavy (non-hydrogen) atoms. The second-order valence-corrected chi connectivity index (χ2v) is 5.69. The quantitative estimate of drug-likeness (QED) is 0.828. The van der Waals surface area contributed by atoms with E-state index in [-0.39, 0.29) is 5.75 Å². The van der Waals surface area contributed by atoms with Crippen LogP contribution >= 0.6 is 23.1 Å². The third-order valence-electron chi connectivity index (χ3n) is 2.27. The third-order valence-corrected chi connectivity index (χ3v) is 4.27. The summed E-state index contributed by atoms with van der Waals surface area (Å²) in [5.41, 5.74) is 1.75. The molecule has 2 aromatic rings. The van der Waals surface area contributed by atoms with Crippen molar-refractivity contribution in [1.29, 1.82) is 0 Å². The number of para-hydroxylation sites is 1. The summed E-state index contributed by atoms with van der Waals surface area (Å²) in [6.07, 6.45) is 0. The first-order valence-electron chi connectivity index (χ1n) is 5.73. The van der Waals surface area contributed by atoms with Crippen molar-refractivity contribution in [3.63, 3.8) is 0 Å². The molecule has 2 rings (SSSR count). The van der Waals surface area contributed by atoms with Crippen LogP contribution in [0.15, 0.2) is 34.0 Å². The Morgan fingerprint density at radius 1 is 1.47 bits per heavy atom. The van der Waals surface area contributed by atoms with E-state index in [9.17, 15) is 4.79 Å². The maximum Gasteiger partial charge on any atom is 0.313 e. The van der Waals surface area contributed by atoms with Gasteiger partial charge in [-0.2, -0.15) is 0 Å². The van der Waals surface area contributed by atoms with E-state index < -0.39 is 5.97 Å². The molecular formula is C13H13NO3S2. The zero-order chi connectivity index (χ0) is 13.7. The summed E-state index contributed by atoms with van der Waals surface area (Å²) >= 11 is 2.68. The van der Waals surface area contributed by atoms with Crippen LogP contribution in [0.25, 0.3) is 11.3 Å². The van der Waals surface area contributed by atoms with Gasteiger partial charge in [-0.1, -0.05) is 23.9 Å². The van der Waals surface area contributed by atoms with Crippen LogP contribution < -0.4 is 4.74 Å². The zero-order valence-electron chi connectivity index (χ0n) is 10.3. The molecule has 0 saturated carbocycles. The SMILES string of the molecule is CCOc1ccccc1-c1csc(SCC(=O)O)n1. The van der Waals surface area contributed by atoms with Crippen molar-refractivity contribution in [3.05, 3.63) is 29.6 Å². The number of aromatic nitrogens is 1. The van der Waals surface area contributed by atoms with E-state index >= 15 is 0 Å². The lowest BCUT2D eigenvalue weighted by molar-refractivity contribution is -0.133. The molecule has 0 spiro atoms. The van der Waals surface area contributed by atoms with Crippen molar-refractivity contribution < 1.29 is 14.6 Å². The molecule has 0 fully saturated rings. The van der Waals surface area contributed by atoms with Crippen molar-refractivity contribution in [2.24, 2.45) is 0 Å². The van der Waals surface area contributed by atoms with Gasteiger partial charge in [0.15, 0.2) is 4.34 Å². The van der Waals surface area contributed by atoms with Gasteiger partial charge in [0, 0.05) is 10.9 Å². The van der Waals surface area contributed by atoms with Gasteiger partial charge in [0.25, 0.3) is 0 Å². The number of carbonyl (C=O) groups is 1. The summed E-state index contributed by atoms with van der Waals surface area (Å²) < 4.78 is 6.32. The molecule has 0 aliphatic carbocycles. The standard InChI is InChI=1S/C13H13NO3S2/c1-2-17-11-6-4-3-5-9(11)10-7-18-13(14-10)19-8-12(15)16/h3-7H,2,8H2,1H3,(H,15,16). The van der Waals surface area contributed by atoms with E-state index in [1.807, 2.05) is 36.6 Å². The van der Waals surface area contributed by atoms with E-state index in [0.29, 0.717) is 6.61 Å².